The second-order valence-corrected chi connectivity index (χ2v) is 9.41. The number of piperazine rings is 1. The van der Waals surface area contributed by atoms with Crippen molar-refractivity contribution in [3.63, 3.8) is 0 Å². The molecule has 0 amide bonds. The molecule has 2 bridgehead atoms. The summed E-state index contributed by atoms with van der Waals surface area (Å²) in [7, 11) is 2.31. The molecule has 3 aliphatic rings. The molecule has 1 N–H and O–H groups in total. The number of H-pyrrole nitrogens is 1. The average Bonchev–Trinajstić information content (AvgIpc) is 3.21. The molecule has 2 aromatic heterocycles. The summed E-state index contributed by atoms with van der Waals surface area (Å²) in [6.07, 6.45) is 7.75. The number of hydrogen-bond donors (Lipinski definition) is 1. The fraction of sp³-hybridized carbons (Fsp3) is 0.480. The number of pyridine rings is 1. The number of aromatic nitrogens is 2. The Bertz CT molecular complexity index is 1090. The summed E-state index contributed by atoms with van der Waals surface area (Å²) in [5.74, 6) is 0. The lowest BCUT2D eigenvalue weighted by Crippen LogP contribution is -2.51. The normalized spacial score (nSPS) is 24.5. The molecule has 2 fully saturated rings. The van der Waals surface area contributed by atoms with E-state index >= 15 is 0 Å². The highest BCUT2D eigenvalue weighted by Gasteiger charge is 2.37. The van der Waals surface area contributed by atoms with Gasteiger partial charge >= 0.3 is 0 Å². The van der Waals surface area contributed by atoms with Gasteiger partial charge in [-0.3, -0.25) is 9.80 Å². The standard InChI is InChI=1S/C25H30N4O/c1-16-10-26-25-23(16)9-19(11-27-25)18-7-17-5-6-30-15-24(17)20(8-18)12-29-13-21-3-4-22(14-29)28(21)2/h7-11,21-22H,3-6,12-15H2,1-2H3,(H,26,27). The second kappa shape index (κ2) is 7.19. The van der Waals surface area contributed by atoms with E-state index in [2.05, 4.69) is 51.9 Å². The van der Waals surface area contributed by atoms with Crippen molar-refractivity contribution < 1.29 is 4.74 Å². The van der Waals surface area contributed by atoms with Crippen molar-refractivity contribution in [2.45, 2.75) is 51.4 Å². The van der Waals surface area contributed by atoms with Crippen LogP contribution >= 0.6 is 0 Å². The van der Waals surface area contributed by atoms with E-state index in [4.69, 9.17) is 4.74 Å². The molecule has 156 valence electrons. The van der Waals surface area contributed by atoms with Gasteiger partial charge in [0.15, 0.2) is 0 Å². The van der Waals surface area contributed by atoms with Gasteiger partial charge < -0.3 is 9.72 Å². The first-order chi connectivity index (χ1) is 14.7. The van der Waals surface area contributed by atoms with Crippen LogP contribution in [0.15, 0.2) is 30.6 Å². The summed E-state index contributed by atoms with van der Waals surface area (Å²) in [5.41, 5.74) is 9.03. The molecule has 2 unspecified atom stereocenters. The third kappa shape index (κ3) is 3.08. The van der Waals surface area contributed by atoms with E-state index in [9.17, 15) is 0 Å². The van der Waals surface area contributed by atoms with Crippen molar-refractivity contribution in [3.05, 3.63) is 52.8 Å². The topological polar surface area (TPSA) is 44.4 Å². The molecule has 3 aromatic rings. The highest BCUT2D eigenvalue weighted by Crippen LogP contribution is 2.33. The van der Waals surface area contributed by atoms with Gasteiger partial charge in [0.25, 0.3) is 0 Å². The number of hydrogen-bond acceptors (Lipinski definition) is 4. The highest BCUT2D eigenvalue weighted by molar-refractivity contribution is 5.84. The first kappa shape index (κ1) is 18.6. The summed E-state index contributed by atoms with van der Waals surface area (Å²) < 4.78 is 5.86. The molecule has 3 aliphatic heterocycles. The summed E-state index contributed by atoms with van der Waals surface area (Å²) in [5, 5.41) is 1.21. The molecule has 0 saturated carbocycles. The lowest BCUT2D eigenvalue weighted by Gasteiger charge is -2.39. The van der Waals surface area contributed by atoms with Crippen LogP contribution in [-0.4, -0.2) is 58.6 Å². The molecule has 2 saturated heterocycles. The minimum atomic E-state index is 0.724. The van der Waals surface area contributed by atoms with Crippen molar-refractivity contribution in [1.29, 1.82) is 0 Å². The molecular weight excluding hydrogens is 372 g/mol. The Labute approximate surface area is 178 Å². The number of likely N-dealkylation sites (N-methyl/N-ethyl adjacent to an activating group) is 1. The van der Waals surface area contributed by atoms with Crippen LogP contribution in [-0.2, 0) is 24.3 Å². The minimum Gasteiger partial charge on any atom is -0.376 e. The Morgan fingerprint density at radius 1 is 1.13 bits per heavy atom. The van der Waals surface area contributed by atoms with Crippen LogP contribution < -0.4 is 0 Å². The van der Waals surface area contributed by atoms with Crippen LogP contribution in [0.2, 0.25) is 0 Å². The molecule has 0 radical (unpaired) electrons. The quantitative estimate of drug-likeness (QED) is 0.722. The summed E-state index contributed by atoms with van der Waals surface area (Å²) in [6.45, 7) is 7.11. The van der Waals surface area contributed by atoms with Gasteiger partial charge in [-0.05, 0) is 73.2 Å². The van der Waals surface area contributed by atoms with Crippen molar-refractivity contribution in [2.75, 3.05) is 26.7 Å². The fourth-order valence-electron chi connectivity index (χ4n) is 5.73. The Kier molecular flexibility index (Phi) is 4.44. The van der Waals surface area contributed by atoms with Gasteiger partial charge in [0.1, 0.15) is 5.65 Å². The molecule has 0 spiro atoms. The van der Waals surface area contributed by atoms with Crippen molar-refractivity contribution in [2.24, 2.45) is 0 Å². The molecule has 30 heavy (non-hydrogen) atoms. The van der Waals surface area contributed by atoms with E-state index in [0.717, 1.165) is 43.9 Å². The first-order valence-electron chi connectivity index (χ1n) is 11.3. The van der Waals surface area contributed by atoms with Crippen molar-refractivity contribution >= 4 is 11.0 Å². The van der Waals surface area contributed by atoms with Crippen LogP contribution in [0.25, 0.3) is 22.2 Å². The summed E-state index contributed by atoms with van der Waals surface area (Å²) >= 11 is 0. The molecule has 5 nitrogen and oxygen atoms in total. The van der Waals surface area contributed by atoms with Crippen LogP contribution in [0.4, 0.5) is 0 Å². The smallest absolute Gasteiger partial charge is 0.137 e. The Hall–Kier alpha value is -2.21. The minimum absolute atomic E-state index is 0.724. The molecule has 2 atom stereocenters. The van der Waals surface area contributed by atoms with Gasteiger partial charge in [-0.15, -0.1) is 0 Å². The number of aryl methyl sites for hydroxylation is 1. The lowest BCUT2D eigenvalue weighted by molar-refractivity contribution is 0.0810. The predicted molar refractivity (Wildman–Crippen MR) is 119 cm³/mol. The largest absolute Gasteiger partial charge is 0.376 e. The summed E-state index contributed by atoms with van der Waals surface area (Å²) in [6, 6.07) is 8.51. The van der Waals surface area contributed by atoms with Crippen molar-refractivity contribution in [3.8, 4) is 11.1 Å². The van der Waals surface area contributed by atoms with E-state index in [1.807, 2.05) is 12.4 Å². The number of nitrogens with zero attached hydrogens (tertiary/aromatic N) is 3. The summed E-state index contributed by atoms with van der Waals surface area (Å²) in [4.78, 5) is 13.2. The Morgan fingerprint density at radius 3 is 2.80 bits per heavy atom. The fourth-order valence-corrected chi connectivity index (χ4v) is 5.73. The molecule has 5 heterocycles. The van der Waals surface area contributed by atoms with Gasteiger partial charge in [0.05, 0.1) is 13.2 Å². The lowest BCUT2D eigenvalue weighted by atomic mass is 9.91. The number of aromatic amines is 1. The van der Waals surface area contributed by atoms with E-state index in [0.29, 0.717) is 0 Å². The van der Waals surface area contributed by atoms with Gasteiger partial charge in [-0.1, -0.05) is 6.07 Å². The zero-order valence-corrected chi connectivity index (χ0v) is 17.9. The van der Waals surface area contributed by atoms with E-state index in [1.165, 1.54) is 64.7 Å². The average molecular weight is 403 g/mol. The van der Waals surface area contributed by atoms with Crippen LogP contribution in [0, 0.1) is 6.92 Å². The molecule has 6 rings (SSSR count). The monoisotopic (exact) mass is 402 g/mol. The molecule has 1 aromatic carbocycles. The van der Waals surface area contributed by atoms with E-state index in [-0.39, 0.29) is 0 Å². The number of likely N-dealkylation sites (tertiary alicyclic amines) is 1. The maximum atomic E-state index is 5.86. The zero-order chi connectivity index (χ0) is 20.2. The zero-order valence-electron chi connectivity index (χ0n) is 17.9. The third-order valence-electron chi connectivity index (χ3n) is 7.58. The number of ether oxygens (including phenoxy) is 1. The van der Waals surface area contributed by atoms with Gasteiger partial charge in [0.2, 0.25) is 0 Å². The number of nitrogens with one attached hydrogen (secondary N) is 1. The van der Waals surface area contributed by atoms with Gasteiger partial charge in [-0.25, -0.2) is 4.98 Å². The Morgan fingerprint density at radius 2 is 1.97 bits per heavy atom. The number of fused-ring (bicyclic) bond motifs is 4. The van der Waals surface area contributed by atoms with E-state index in [1.54, 1.807) is 0 Å². The van der Waals surface area contributed by atoms with Crippen LogP contribution in [0.1, 0.15) is 35.1 Å². The van der Waals surface area contributed by atoms with Crippen LogP contribution in [0.3, 0.4) is 0 Å². The maximum Gasteiger partial charge on any atom is 0.137 e. The molecular formula is C25H30N4O. The van der Waals surface area contributed by atoms with Gasteiger partial charge in [0, 0.05) is 55.1 Å². The van der Waals surface area contributed by atoms with E-state index < -0.39 is 0 Å². The third-order valence-corrected chi connectivity index (χ3v) is 7.58. The second-order valence-electron chi connectivity index (χ2n) is 9.41. The first-order valence-corrected chi connectivity index (χ1v) is 11.3. The molecule has 0 aliphatic carbocycles. The Balaban J connectivity index is 1.37. The number of rotatable bonds is 3. The molecule has 5 heteroatoms. The van der Waals surface area contributed by atoms with Gasteiger partial charge in [-0.2, -0.15) is 0 Å². The maximum absolute atomic E-state index is 5.86. The SMILES string of the molecule is Cc1c[nH]c2ncc(-c3cc4c(c(CN5CC6CCC(C5)N6C)c3)COCC4)cc12. The predicted octanol–water partition coefficient (Wildman–Crippen LogP) is 3.89. The van der Waals surface area contributed by atoms with Crippen molar-refractivity contribution in [1.82, 2.24) is 19.8 Å². The highest BCUT2D eigenvalue weighted by atomic mass is 16.5. The number of benzene rings is 1. The van der Waals surface area contributed by atoms with Crippen LogP contribution in [0.5, 0.6) is 0 Å².